The summed E-state index contributed by atoms with van der Waals surface area (Å²) in [5.74, 6) is 1.46. The molecule has 1 aliphatic heterocycles. The van der Waals surface area contributed by atoms with Gasteiger partial charge in [-0.25, -0.2) is 0 Å². The topological polar surface area (TPSA) is 24.9 Å². The Morgan fingerprint density at radius 3 is 2.35 bits per heavy atom. The highest BCUT2D eigenvalue weighted by Gasteiger charge is 2.33. The maximum Gasteiger partial charge on any atom is 0.158 e. The number of anilines is 1. The number of methoxy groups -OCH3 is 1. The van der Waals surface area contributed by atoms with E-state index in [-0.39, 0.29) is 0 Å². The zero-order valence-electron chi connectivity index (χ0n) is 17.8. The first-order valence-corrected chi connectivity index (χ1v) is 11.4. The number of piperazine rings is 1. The van der Waals surface area contributed by atoms with Crippen LogP contribution in [-0.4, -0.2) is 49.6 Å². The number of halogens is 2. The summed E-state index contributed by atoms with van der Waals surface area (Å²) in [5, 5.41) is 0.804. The van der Waals surface area contributed by atoms with Crippen molar-refractivity contribution in [3.05, 3.63) is 88.9 Å². The van der Waals surface area contributed by atoms with E-state index in [4.69, 9.17) is 32.7 Å². The van der Waals surface area contributed by atoms with E-state index < -0.39 is 4.87 Å². The summed E-state index contributed by atoms with van der Waals surface area (Å²) in [6.07, 6.45) is 4.76. The van der Waals surface area contributed by atoms with Crippen LogP contribution in [0.5, 0.6) is 0 Å². The van der Waals surface area contributed by atoms with Crippen molar-refractivity contribution >= 4 is 28.9 Å². The molecule has 0 saturated carbocycles. The van der Waals surface area contributed by atoms with Gasteiger partial charge in [-0.3, -0.25) is 4.90 Å². The van der Waals surface area contributed by atoms with E-state index in [0.717, 1.165) is 54.8 Å². The van der Waals surface area contributed by atoms with E-state index in [1.165, 1.54) is 0 Å². The van der Waals surface area contributed by atoms with Crippen LogP contribution in [0.25, 0.3) is 0 Å². The van der Waals surface area contributed by atoms with Crippen molar-refractivity contribution in [3.8, 4) is 0 Å². The van der Waals surface area contributed by atoms with Crippen LogP contribution >= 0.6 is 23.2 Å². The Bertz CT molecular complexity index is 940. The lowest BCUT2D eigenvalue weighted by molar-refractivity contribution is 0.158. The van der Waals surface area contributed by atoms with Gasteiger partial charge in [0.05, 0.1) is 22.7 Å². The summed E-state index contributed by atoms with van der Waals surface area (Å²) in [5.41, 5.74) is 2.23. The highest BCUT2D eigenvalue weighted by molar-refractivity contribution is 6.33. The largest absolute Gasteiger partial charge is 0.493 e. The Morgan fingerprint density at radius 1 is 0.935 bits per heavy atom. The summed E-state index contributed by atoms with van der Waals surface area (Å²) < 4.78 is 11.6. The molecule has 4 nitrogen and oxygen atoms in total. The Kier molecular flexibility index (Phi) is 7.11. The molecule has 1 saturated heterocycles. The standard InChI is InChI=1S/C25H28Cl2N2O2/c1-30-24-17-25(27,12-11-23(24)31-18-20-7-3-2-4-8-20)19-28-13-15-29(16-14-28)22-10-6-5-9-21(22)26/h2-11,17H,12-16,18-19H2,1H3. The average molecular weight is 459 g/mol. The number of ether oxygens (including phenoxy) is 2. The number of allylic oxidation sites excluding steroid dienone is 1. The number of nitrogens with zero attached hydrogens (tertiary/aromatic N) is 2. The van der Waals surface area contributed by atoms with Crippen LogP contribution in [0.2, 0.25) is 5.02 Å². The first-order chi connectivity index (χ1) is 15.1. The fraction of sp³-hybridized carbons (Fsp3) is 0.360. The second kappa shape index (κ2) is 9.99. The predicted molar refractivity (Wildman–Crippen MR) is 128 cm³/mol. The first kappa shape index (κ1) is 22.1. The molecule has 164 valence electrons. The maximum atomic E-state index is 7.01. The van der Waals surface area contributed by atoms with Crippen LogP contribution in [0.1, 0.15) is 12.0 Å². The zero-order valence-corrected chi connectivity index (χ0v) is 19.3. The third kappa shape index (κ3) is 5.57. The fourth-order valence-electron chi connectivity index (χ4n) is 4.09. The van der Waals surface area contributed by atoms with Crippen LogP contribution in [0.15, 0.2) is 78.3 Å². The molecule has 2 aliphatic rings. The normalized spacial score (nSPS) is 22.0. The predicted octanol–water partition coefficient (Wildman–Crippen LogP) is 5.47. The SMILES string of the molecule is COC1=CC(Cl)(CN2CCN(c3ccccc3Cl)CC2)CC=C1OCc1ccccc1. The van der Waals surface area contributed by atoms with Crippen molar-refractivity contribution in [2.75, 3.05) is 44.7 Å². The van der Waals surface area contributed by atoms with Crippen molar-refractivity contribution < 1.29 is 9.47 Å². The molecule has 0 amide bonds. The van der Waals surface area contributed by atoms with Crippen molar-refractivity contribution in [2.45, 2.75) is 17.9 Å². The molecular weight excluding hydrogens is 431 g/mol. The summed E-state index contributed by atoms with van der Waals surface area (Å²) in [6, 6.07) is 18.1. The Morgan fingerprint density at radius 2 is 1.65 bits per heavy atom. The Balaban J connectivity index is 1.33. The molecule has 0 spiro atoms. The molecule has 1 atom stereocenters. The highest BCUT2D eigenvalue weighted by Crippen LogP contribution is 2.34. The molecule has 6 heteroatoms. The molecular formula is C25H28Cl2N2O2. The lowest BCUT2D eigenvalue weighted by Gasteiger charge is -2.40. The van der Waals surface area contributed by atoms with Crippen LogP contribution in [-0.2, 0) is 16.1 Å². The minimum Gasteiger partial charge on any atom is -0.493 e. The van der Waals surface area contributed by atoms with E-state index in [2.05, 4.69) is 21.9 Å². The van der Waals surface area contributed by atoms with E-state index in [1.54, 1.807) is 7.11 Å². The van der Waals surface area contributed by atoms with E-state index in [0.29, 0.717) is 18.8 Å². The van der Waals surface area contributed by atoms with Gasteiger partial charge >= 0.3 is 0 Å². The first-order valence-electron chi connectivity index (χ1n) is 10.6. The molecule has 0 N–H and O–H groups in total. The molecule has 0 aromatic heterocycles. The molecule has 1 aliphatic carbocycles. The van der Waals surface area contributed by atoms with Gasteiger partial charge in [0.2, 0.25) is 0 Å². The number of hydrogen-bond donors (Lipinski definition) is 0. The third-order valence-corrected chi connectivity index (χ3v) is 6.47. The van der Waals surface area contributed by atoms with Gasteiger partial charge in [-0.1, -0.05) is 54.1 Å². The molecule has 4 rings (SSSR count). The van der Waals surface area contributed by atoms with E-state index >= 15 is 0 Å². The highest BCUT2D eigenvalue weighted by atomic mass is 35.5. The van der Waals surface area contributed by atoms with Gasteiger partial charge in [0.25, 0.3) is 0 Å². The fourth-order valence-corrected chi connectivity index (χ4v) is 4.69. The van der Waals surface area contributed by atoms with Crippen molar-refractivity contribution in [1.29, 1.82) is 0 Å². The van der Waals surface area contributed by atoms with Crippen LogP contribution < -0.4 is 4.90 Å². The summed E-state index contributed by atoms with van der Waals surface area (Å²) >= 11 is 13.4. The van der Waals surface area contributed by atoms with Gasteiger partial charge in [-0.2, -0.15) is 0 Å². The minimum atomic E-state index is -0.502. The Hall–Kier alpha value is -2.14. The number of para-hydroxylation sites is 1. The van der Waals surface area contributed by atoms with Gasteiger partial charge in [0, 0.05) is 32.7 Å². The van der Waals surface area contributed by atoms with Crippen molar-refractivity contribution in [1.82, 2.24) is 4.90 Å². The Labute approximate surface area is 194 Å². The van der Waals surface area contributed by atoms with Gasteiger partial charge in [0.15, 0.2) is 11.5 Å². The zero-order chi connectivity index (χ0) is 21.7. The summed E-state index contributed by atoms with van der Waals surface area (Å²) in [7, 11) is 1.66. The average Bonchev–Trinajstić information content (AvgIpc) is 2.80. The molecule has 0 bridgehead atoms. The summed E-state index contributed by atoms with van der Waals surface area (Å²) in [4.78, 5) is 4.25. The number of rotatable bonds is 7. The van der Waals surface area contributed by atoms with Gasteiger partial charge in [-0.15, -0.1) is 11.6 Å². The van der Waals surface area contributed by atoms with E-state index in [1.807, 2.05) is 54.6 Å². The molecule has 1 fully saturated rings. The number of alkyl halides is 1. The van der Waals surface area contributed by atoms with Gasteiger partial charge < -0.3 is 14.4 Å². The quantitative estimate of drug-likeness (QED) is 0.513. The number of benzene rings is 2. The van der Waals surface area contributed by atoms with Crippen molar-refractivity contribution in [2.24, 2.45) is 0 Å². The smallest absolute Gasteiger partial charge is 0.158 e. The third-order valence-electron chi connectivity index (χ3n) is 5.77. The molecule has 2 aromatic carbocycles. The number of hydrogen-bond acceptors (Lipinski definition) is 4. The molecule has 1 heterocycles. The monoisotopic (exact) mass is 458 g/mol. The molecule has 0 radical (unpaired) electrons. The molecule has 2 aromatic rings. The second-order valence-corrected chi connectivity index (χ2v) is 9.17. The molecule has 31 heavy (non-hydrogen) atoms. The van der Waals surface area contributed by atoms with Crippen LogP contribution in [0.3, 0.4) is 0 Å². The molecule has 1 unspecified atom stereocenters. The van der Waals surface area contributed by atoms with Crippen LogP contribution in [0, 0.1) is 0 Å². The van der Waals surface area contributed by atoms with Crippen LogP contribution in [0.4, 0.5) is 5.69 Å². The maximum absolute atomic E-state index is 7.01. The lowest BCUT2D eigenvalue weighted by Crippen LogP contribution is -2.50. The van der Waals surface area contributed by atoms with Gasteiger partial charge in [-0.05, 0) is 36.3 Å². The summed E-state index contributed by atoms with van der Waals surface area (Å²) in [6.45, 7) is 5.01. The lowest BCUT2D eigenvalue weighted by atomic mass is 9.96. The minimum absolute atomic E-state index is 0.502. The van der Waals surface area contributed by atoms with Crippen molar-refractivity contribution in [3.63, 3.8) is 0 Å². The van der Waals surface area contributed by atoms with E-state index in [9.17, 15) is 0 Å². The second-order valence-electron chi connectivity index (χ2n) is 8.01. The van der Waals surface area contributed by atoms with Gasteiger partial charge in [0.1, 0.15) is 6.61 Å².